The van der Waals surface area contributed by atoms with Crippen LogP contribution in [0.4, 0.5) is 10.1 Å². The largest absolute Gasteiger partial charge is 0.367 e. The summed E-state index contributed by atoms with van der Waals surface area (Å²) in [4.78, 5) is 2.15. The van der Waals surface area contributed by atoms with E-state index in [1.807, 2.05) is 12.1 Å². The van der Waals surface area contributed by atoms with Crippen molar-refractivity contribution in [2.24, 2.45) is 5.92 Å². The van der Waals surface area contributed by atoms with Crippen molar-refractivity contribution < 1.29 is 4.39 Å². The zero-order valence-electron chi connectivity index (χ0n) is 10.8. The summed E-state index contributed by atoms with van der Waals surface area (Å²) < 4.78 is 13.8. The summed E-state index contributed by atoms with van der Waals surface area (Å²) in [5.41, 5.74) is 0.740. The molecule has 1 N–H and O–H groups in total. The van der Waals surface area contributed by atoms with Gasteiger partial charge in [0.05, 0.1) is 5.69 Å². The number of nitrogens with one attached hydrogen (secondary N) is 1. The van der Waals surface area contributed by atoms with Crippen molar-refractivity contribution in [3.8, 4) is 0 Å². The molecule has 1 unspecified atom stereocenters. The smallest absolute Gasteiger partial charge is 0.146 e. The van der Waals surface area contributed by atoms with Gasteiger partial charge in [-0.15, -0.1) is 0 Å². The summed E-state index contributed by atoms with van der Waals surface area (Å²) >= 11 is 0. The quantitative estimate of drug-likeness (QED) is 0.806. The van der Waals surface area contributed by atoms with Crippen molar-refractivity contribution in [2.75, 3.05) is 24.5 Å². The third kappa shape index (κ3) is 2.97. The Bertz CT molecular complexity index is 390. The number of hydrogen-bond donors (Lipinski definition) is 1. The van der Waals surface area contributed by atoms with E-state index in [9.17, 15) is 4.39 Å². The molecule has 1 fully saturated rings. The summed E-state index contributed by atoms with van der Waals surface area (Å²) in [6.45, 7) is 9.24. The number of nitrogens with zero attached hydrogens (tertiary/aromatic N) is 1. The zero-order valence-corrected chi connectivity index (χ0v) is 10.8. The molecule has 17 heavy (non-hydrogen) atoms. The van der Waals surface area contributed by atoms with Gasteiger partial charge in [0.1, 0.15) is 5.82 Å². The third-order valence-electron chi connectivity index (χ3n) is 3.24. The van der Waals surface area contributed by atoms with E-state index in [2.05, 4.69) is 31.0 Å². The van der Waals surface area contributed by atoms with Crippen LogP contribution < -0.4 is 10.2 Å². The molecule has 94 valence electrons. The predicted molar refractivity (Wildman–Crippen MR) is 69.9 cm³/mol. The number of halogens is 1. The molecule has 0 saturated carbocycles. The molecule has 1 aliphatic rings. The van der Waals surface area contributed by atoms with Gasteiger partial charge in [0, 0.05) is 18.6 Å². The molecule has 0 aromatic heterocycles. The molecule has 1 saturated heterocycles. The average Bonchev–Trinajstić information content (AvgIpc) is 2.38. The van der Waals surface area contributed by atoms with Crippen LogP contribution in [0, 0.1) is 11.7 Å². The second-order valence-corrected chi connectivity index (χ2v) is 5.70. The SMILES string of the molecule is CC1CNC(C)(C)CN(c2ccccc2F)C1. The summed E-state index contributed by atoms with van der Waals surface area (Å²) in [5, 5.41) is 3.53. The first-order valence-electron chi connectivity index (χ1n) is 6.22. The third-order valence-corrected chi connectivity index (χ3v) is 3.24. The Morgan fingerprint density at radius 3 is 2.76 bits per heavy atom. The molecule has 0 aliphatic carbocycles. The van der Waals surface area contributed by atoms with Crippen LogP contribution in [0.3, 0.4) is 0 Å². The van der Waals surface area contributed by atoms with Crippen LogP contribution in [-0.4, -0.2) is 25.2 Å². The minimum Gasteiger partial charge on any atom is -0.367 e. The Kier molecular flexibility index (Phi) is 3.38. The van der Waals surface area contributed by atoms with Crippen LogP contribution >= 0.6 is 0 Å². The number of rotatable bonds is 1. The molecule has 1 aromatic rings. The van der Waals surface area contributed by atoms with Gasteiger partial charge in [-0.1, -0.05) is 19.1 Å². The van der Waals surface area contributed by atoms with Crippen molar-refractivity contribution in [2.45, 2.75) is 26.3 Å². The van der Waals surface area contributed by atoms with Gasteiger partial charge in [0.2, 0.25) is 0 Å². The Morgan fingerprint density at radius 1 is 1.35 bits per heavy atom. The van der Waals surface area contributed by atoms with Gasteiger partial charge in [-0.3, -0.25) is 0 Å². The predicted octanol–water partition coefficient (Wildman–Crippen LogP) is 2.65. The zero-order chi connectivity index (χ0) is 12.5. The van der Waals surface area contributed by atoms with E-state index in [1.165, 1.54) is 6.07 Å². The maximum atomic E-state index is 13.8. The van der Waals surface area contributed by atoms with Crippen LogP contribution in [0.5, 0.6) is 0 Å². The Hall–Kier alpha value is -1.09. The molecular formula is C14H21FN2. The summed E-state index contributed by atoms with van der Waals surface area (Å²) in [5.74, 6) is 0.397. The molecule has 2 rings (SSSR count). The van der Waals surface area contributed by atoms with E-state index in [4.69, 9.17) is 0 Å². The Labute approximate surface area is 103 Å². The average molecular weight is 236 g/mol. The monoisotopic (exact) mass is 236 g/mol. The van der Waals surface area contributed by atoms with Crippen molar-refractivity contribution in [3.63, 3.8) is 0 Å². The first-order chi connectivity index (χ1) is 7.98. The second kappa shape index (κ2) is 4.65. The molecule has 0 amide bonds. The minimum atomic E-state index is -0.127. The van der Waals surface area contributed by atoms with Crippen molar-refractivity contribution >= 4 is 5.69 Å². The van der Waals surface area contributed by atoms with E-state index < -0.39 is 0 Å². The highest BCUT2D eigenvalue weighted by Gasteiger charge is 2.27. The van der Waals surface area contributed by atoms with E-state index in [1.54, 1.807) is 6.07 Å². The maximum absolute atomic E-state index is 13.8. The van der Waals surface area contributed by atoms with Crippen LogP contribution in [0.25, 0.3) is 0 Å². The van der Waals surface area contributed by atoms with E-state index >= 15 is 0 Å². The van der Waals surface area contributed by atoms with Gasteiger partial charge >= 0.3 is 0 Å². The molecule has 2 nitrogen and oxygen atoms in total. The number of hydrogen-bond acceptors (Lipinski definition) is 2. The summed E-state index contributed by atoms with van der Waals surface area (Å²) in [6, 6.07) is 7.03. The first kappa shape index (κ1) is 12.4. The maximum Gasteiger partial charge on any atom is 0.146 e. The van der Waals surface area contributed by atoms with E-state index in [0.29, 0.717) is 5.92 Å². The molecule has 1 atom stereocenters. The normalized spacial score (nSPS) is 24.5. The second-order valence-electron chi connectivity index (χ2n) is 5.70. The fourth-order valence-corrected chi connectivity index (χ4v) is 2.38. The summed E-state index contributed by atoms with van der Waals surface area (Å²) in [7, 11) is 0. The van der Waals surface area contributed by atoms with Gasteiger partial charge in [-0.05, 0) is 38.4 Å². The van der Waals surface area contributed by atoms with Crippen LogP contribution in [0.1, 0.15) is 20.8 Å². The van der Waals surface area contributed by atoms with Crippen LogP contribution in [0.15, 0.2) is 24.3 Å². The minimum absolute atomic E-state index is 0.0209. The lowest BCUT2D eigenvalue weighted by molar-refractivity contribution is 0.401. The molecule has 1 aliphatic heterocycles. The van der Waals surface area contributed by atoms with Gasteiger partial charge in [-0.25, -0.2) is 4.39 Å². The molecule has 0 bridgehead atoms. The highest BCUT2D eigenvalue weighted by Crippen LogP contribution is 2.24. The molecule has 0 spiro atoms. The van der Waals surface area contributed by atoms with Gasteiger partial charge in [0.15, 0.2) is 0 Å². The molecular weight excluding hydrogens is 215 g/mol. The van der Waals surface area contributed by atoms with Crippen molar-refractivity contribution in [1.82, 2.24) is 5.32 Å². The first-order valence-corrected chi connectivity index (χ1v) is 6.22. The summed E-state index contributed by atoms with van der Waals surface area (Å²) in [6.07, 6.45) is 0. The number of benzene rings is 1. The van der Waals surface area contributed by atoms with E-state index in [0.717, 1.165) is 25.3 Å². The van der Waals surface area contributed by atoms with Crippen molar-refractivity contribution in [1.29, 1.82) is 0 Å². The van der Waals surface area contributed by atoms with Gasteiger partial charge < -0.3 is 10.2 Å². The highest BCUT2D eigenvalue weighted by molar-refractivity contribution is 5.48. The lowest BCUT2D eigenvalue weighted by Gasteiger charge is -2.31. The lowest BCUT2D eigenvalue weighted by Crippen LogP contribution is -2.46. The van der Waals surface area contributed by atoms with Crippen LogP contribution in [0.2, 0.25) is 0 Å². The highest BCUT2D eigenvalue weighted by atomic mass is 19.1. The molecule has 1 aromatic carbocycles. The van der Waals surface area contributed by atoms with Gasteiger partial charge in [-0.2, -0.15) is 0 Å². The standard InChI is InChI=1S/C14H21FN2/c1-11-8-16-14(2,3)10-17(9-11)13-7-5-4-6-12(13)15/h4-7,11,16H,8-10H2,1-3H3. The van der Waals surface area contributed by atoms with Crippen molar-refractivity contribution in [3.05, 3.63) is 30.1 Å². The number of para-hydroxylation sites is 1. The number of anilines is 1. The molecule has 1 heterocycles. The van der Waals surface area contributed by atoms with Gasteiger partial charge in [0.25, 0.3) is 0 Å². The Balaban J connectivity index is 2.27. The van der Waals surface area contributed by atoms with E-state index in [-0.39, 0.29) is 11.4 Å². The fraction of sp³-hybridized carbons (Fsp3) is 0.571. The molecule has 0 radical (unpaired) electrons. The topological polar surface area (TPSA) is 15.3 Å². The van der Waals surface area contributed by atoms with Crippen LogP contribution in [-0.2, 0) is 0 Å². The molecule has 3 heteroatoms. The Morgan fingerprint density at radius 2 is 2.06 bits per heavy atom. The fourth-order valence-electron chi connectivity index (χ4n) is 2.38. The lowest BCUT2D eigenvalue weighted by atomic mass is 10.1.